The summed E-state index contributed by atoms with van der Waals surface area (Å²) >= 11 is 0. The van der Waals surface area contributed by atoms with Crippen molar-refractivity contribution in [1.29, 1.82) is 0 Å². The molecule has 2 N–H and O–H groups in total. The van der Waals surface area contributed by atoms with Crippen LogP contribution in [-0.4, -0.2) is 43.3 Å². The van der Waals surface area contributed by atoms with Crippen molar-refractivity contribution in [3.8, 4) is 0 Å². The second-order valence-electron chi connectivity index (χ2n) is 7.51. The van der Waals surface area contributed by atoms with Crippen LogP contribution in [0.25, 0.3) is 0 Å². The van der Waals surface area contributed by atoms with Crippen molar-refractivity contribution in [2.24, 2.45) is 0 Å². The first-order valence-electron chi connectivity index (χ1n) is 11.3. The third-order valence-electron chi connectivity index (χ3n) is 4.84. The number of amides is 1. The molecular formula is C22H42NO5. The van der Waals surface area contributed by atoms with E-state index in [9.17, 15) is 14.7 Å². The van der Waals surface area contributed by atoms with Crippen molar-refractivity contribution in [3.05, 3.63) is 0 Å². The number of nitrogens with one attached hydrogen (secondary N) is 1. The molecule has 0 atom stereocenters. The minimum atomic E-state index is -0.680. The molecule has 0 aromatic rings. The molecule has 0 saturated carbocycles. The van der Waals surface area contributed by atoms with E-state index in [1.165, 1.54) is 64.2 Å². The molecule has 0 aromatic heterocycles. The van der Waals surface area contributed by atoms with E-state index < -0.39 is 5.97 Å². The minimum absolute atomic E-state index is 0.0765. The molecule has 0 aliphatic carbocycles. The molecule has 0 unspecified atom stereocenters. The Kier molecular flexibility index (Phi) is 21.3. The van der Waals surface area contributed by atoms with Gasteiger partial charge in [-0.2, -0.15) is 0 Å². The van der Waals surface area contributed by atoms with Crippen LogP contribution in [0.3, 0.4) is 0 Å². The van der Waals surface area contributed by atoms with E-state index in [-0.39, 0.29) is 19.1 Å². The van der Waals surface area contributed by atoms with E-state index in [1.807, 2.05) is 0 Å². The fourth-order valence-electron chi connectivity index (χ4n) is 3.20. The standard InChI is InChI=1S/C22H42NO5/c24-18-20-28-19-17-23-21(25)15-13-11-9-7-5-3-1-2-4-6-8-10-12-14-16-22(26)27/h1-20H2,(H,23,25)(H,26,27). The number of ether oxygens (including phenoxy) is 1. The number of rotatable bonds is 22. The molecule has 0 aliphatic rings. The molecule has 0 fully saturated rings. The Labute approximate surface area is 171 Å². The van der Waals surface area contributed by atoms with Crippen LogP contribution < -0.4 is 5.32 Å². The largest absolute Gasteiger partial charge is 0.481 e. The Hall–Kier alpha value is -1.14. The number of carbonyl (C=O) groups excluding carboxylic acids is 1. The molecule has 0 aromatic carbocycles. The van der Waals surface area contributed by atoms with Gasteiger partial charge in [0.1, 0.15) is 6.61 Å². The zero-order valence-corrected chi connectivity index (χ0v) is 17.7. The molecule has 1 amide bonds. The summed E-state index contributed by atoms with van der Waals surface area (Å²) in [6, 6.07) is 0. The molecule has 0 aliphatic heterocycles. The first kappa shape index (κ1) is 26.9. The summed E-state index contributed by atoms with van der Waals surface area (Å²) in [6.45, 7) is 0.891. The zero-order chi connectivity index (χ0) is 20.7. The molecule has 6 nitrogen and oxygen atoms in total. The second-order valence-corrected chi connectivity index (χ2v) is 7.51. The van der Waals surface area contributed by atoms with E-state index in [2.05, 4.69) is 5.32 Å². The maximum Gasteiger partial charge on any atom is 0.303 e. The van der Waals surface area contributed by atoms with E-state index in [1.54, 1.807) is 0 Å². The molecule has 0 saturated heterocycles. The van der Waals surface area contributed by atoms with Crippen molar-refractivity contribution in [2.45, 2.75) is 103 Å². The van der Waals surface area contributed by atoms with E-state index in [4.69, 9.17) is 9.84 Å². The third-order valence-corrected chi connectivity index (χ3v) is 4.84. The predicted molar refractivity (Wildman–Crippen MR) is 111 cm³/mol. The van der Waals surface area contributed by atoms with Crippen LogP contribution in [-0.2, 0) is 19.4 Å². The lowest BCUT2D eigenvalue weighted by Gasteiger charge is -2.06. The summed E-state index contributed by atoms with van der Waals surface area (Å²) in [5.74, 6) is -0.604. The lowest BCUT2D eigenvalue weighted by Crippen LogP contribution is -2.27. The summed E-state index contributed by atoms with van der Waals surface area (Å²) in [5.41, 5.74) is 0. The van der Waals surface area contributed by atoms with Gasteiger partial charge < -0.3 is 15.2 Å². The van der Waals surface area contributed by atoms with E-state index in [0.717, 1.165) is 25.7 Å². The summed E-state index contributed by atoms with van der Waals surface area (Å²) in [4.78, 5) is 22.0. The van der Waals surface area contributed by atoms with Crippen molar-refractivity contribution < 1.29 is 24.5 Å². The summed E-state index contributed by atoms with van der Waals surface area (Å²) in [6.07, 6.45) is 17.5. The van der Waals surface area contributed by atoms with Gasteiger partial charge in [0, 0.05) is 19.4 Å². The van der Waals surface area contributed by atoms with Gasteiger partial charge in [-0.15, -0.1) is 0 Å². The van der Waals surface area contributed by atoms with Gasteiger partial charge in [0.25, 0.3) is 0 Å². The van der Waals surface area contributed by atoms with Gasteiger partial charge in [0.15, 0.2) is 0 Å². The minimum Gasteiger partial charge on any atom is -0.481 e. The van der Waals surface area contributed by atoms with Crippen LogP contribution in [0.2, 0.25) is 0 Å². The monoisotopic (exact) mass is 400 g/mol. The number of aliphatic carboxylic acids is 1. The molecule has 0 spiro atoms. The summed E-state index contributed by atoms with van der Waals surface area (Å²) < 4.78 is 5.03. The number of hydrogen-bond donors (Lipinski definition) is 2. The van der Waals surface area contributed by atoms with Gasteiger partial charge >= 0.3 is 5.97 Å². The Balaban J connectivity index is 3.11. The lowest BCUT2D eigenvalue weighted by molar-refractivity contribution is -0.137. The number of carboxylic acid groups (broad SMARTS) is 1. The number of carbonyl (C=O) groups is 2. The number of hydrogen-bond acceptors (Lipinski definition) is 3. The molecule has 0 rings (SSSR count). The highest BCUT2D eigenvalue weighted by atomic mass is 16.5. The first-order valence-corrected chi connectivity index (χ1v) is 11.3. The Morgan fingerprint density at radius 1 is 0.643 bits per heavy atom. The normalized spacial score (nSPS) is 10.9. The van der Waals surface area contributed by atoms with Crippen molar-refractivity contribution in [3.63, 3.8) is 0 Å². The van der Waals surface area contributed by atoms with Crippen molar-refractivity contribution in [1.82, 2.24) is 5.32 Å². The predicted octanol–water partition coefficient (Wildman–Crippen LogP) is 4.88. The molecule has 28 heavy (non-hydrogen) atoms. The third kappa shape index (κ3) is 22.9. The maximum atomic E-state index is 11.6. The van der Waals surface area contributed by atoms with Crippen LogP contribution in [0.5, 0.6) is 0 Å². The highest BCUT2D eigenvalue weighted by Gasteiger charge is 2.01. The maximum absolute atomic E-state index is 11.6. The average Bonchev–Trinajstić information content (AvgIpc) is 2.67. The summed E-state index contributed by atoms with van der Waals surface area (Å²) in [5, 5.41) is 21.6. The first-order chi connectivity index (χ1) is 13.7. The average molecular weight is 401 g/mol. The van der Waals surface area contributed by atoms with Gasteiger partial charge in [-0.05, 0) is 12.8 Å². The van der Waals surface area contributed by atoms with Crippen LogP contribution in [0.1, 0.15) is 103 Å². The van der Waals surface area contributed by atoms with Crippen LogP contribution in [0.15, 0.2) is 0 Å². The van der Waals surface area contributed by atoms with Crippen molar-refractivity contribution >= 4 is 11.9 Å². The van der Waals surface area contributed by atoms with Gasteiger partial charge in [-0.3, -0.25) is 9.59 Å². The SMILES string of the molecule is [O]CCOCCNC(=O)CCCCCCCCCCCCCCCCC(=O)O. The topological polar surface area (TPSA) is 95.5 Å². The van der Waals surface area contributed by atoms with Crippen LogP contribution in [0.4, 0.5) is 0 Å². The van der Waals surface area contributed by atoms with Crippen LogP contribution >= 0.6 is 0 Å². The molecule has 6 heteroatoms. The smallest absolute Gasteiger partial charge is 0.303 e. The number of carboxylic acids is 1. The second kappa shape index (κ2) is 22.2. The van der Waals surface area contributed by atoms with Gasteiger partial charge in [-0.25, -0.2) is 5.11 Å². The quantitative estimate of drug-likeness (QED) is 0.253. The molecule has 165 valence electrons. The van der Waals surface area contributed by atoms with E-state index in [0.29, 0.717) is 26.0 Å². The van der Waals surface area contributed by atoms with E-state index >= 15 is 0 Å². The molecular weight excluding hydrogens is 358 g/mol. The zero-order valence-electron chi connectivity index (χ0n) is 17.7. The Morgan fingerprint density at radius 2 is 1.07 bits per heavy atom. The van der Waals surface area contributed by atoms with Crippen LogP contribution in [0, 0.1) is 0 Å². The molecule has 0 heterocycles. The highest BCUT2D eigenvalue weighted by Crippen LogP contribution is 2.13. The Morgan fingerprint density at radius 3 is 1.50 bits per heavy atom. The van der Waals surface area contributed by atoms with Gasteiger partial charge in [0.2, 0.25) is 5.91 Å². The highest BCUT2D eigenvalue weighted by molar-refractivity contribution is 5.75. The summed E-state index contributed by atoms with van der Waals surface area (Å²) in [7, 11) is 0. The van der Waals surface area contributed by atoms with Gasteiger partial charge in [0.05, 0.1) is 13.2 Å². The van der Waals surface area contributed by atoms with Crippen molar-refractivity contribution in [2.75, 3.05) is 26.4 Å². The molecule has 1 radical (unpaired) electrons. The fraction of sp³-hybridized carbons (Fsp3) is 0.909. The number of unbranched alkanes of at least 4 members (excludes halogenated alkanes) is 13. The lowest BCUT2D eigenvalue weighted by atomic mass is 10.0. The fourth-order valence-corrected chi connectivity index (χ4v) is 3.20. The Bertz CT molecular complexity index is 363. The molecule has 0 bridgehead atoms. The van der Waals surface area contributed by atoms with Gasteiger partial charge in [-0.1, -0.05) is 77.0 Å².